The van der Waals surface area contributed by atoms with Crippen molar-refractivity contribution in [2.24, 2.45) is 0 Å². The van der Waals surface area contributed by atoms with Crippen molar-refractivity contribution >= 4 is 55.0 Å². The van der Waals surface area contributed by atoms with Crippen LogP contribution in [0.4, 0.5) is 24.5 Å². The number of hydrogen-bond acceptors (Lipinski definition) is 0. The predicted molar refractivity (Wildman–Crippen MR) is 257 cm³/mol. The van der Waals surface area contributed by atoms with Gasteiger partial charge in [0.2, 0.25) is 0 Å². The van der Waals surface area contributed by atoms with Crippen molar-refractivity contribution < 1.29 is 13.2 Å². The van der Waals surface area contributed by atoms with Crippen molar-refractivity contribution in [3.05, 3.63) is 201 Å². The number of fused-ring (bicyclic) bond motifs is 6. The van der Waals surface area contributed by atoms with Crippen molar-refractivity contribution in [2.75, 3.05) is 0 Å². The largest absolute Gasteiger partial charge is 0.415 e. The summed E-state index contributed by atoms with van der Waals surface area (Å²) in [6.07, 6.45) is -4.80. The quantitative estimate of drug-likeness (QED) is 0.154. The minimum atomic E-state index is -4.80. The van der Waals surface area contributed by atoms with Gasteiger partial charge in [0.05, 0.1) is 52.1 Å². The van der Waals surface area contributed by atoms with E-state index in [0.29, 0.717) is 11.4 Å². The van der Waals surface area contributed by atoms with Crippen LogP contribution < -0.4 is 0 Å². The first-order valence-corrected chi connectivity index (χ1v) is 21.1. The number of nitrogens with zero attached hydrogens (tertiary/aromatic N) is 4. The molecular weight excluding hydrogens is 798 g/mol. The molecule has 0 radical (unpaired) electrons. The zero-order valence-corrected chi connectivity index (χ0v) is 36.2. The Bertz CT molecular complexity index is 3650. The molecule has 0 aliphatic carbocycles. The molecule has 0 N–H and O–H groups in total. The number of hydrogen-bond donors (Lipinski definition) is 0. The van der Waals surface area contributed by atoms with Crippen LogP contribution in [0.1, 0.15) is 38.9 Å². The summed E-state index contributed by atoms with van der Waals surface area (Å²) in [6, 6.07) is 45.1. The van der Waals surface area contributed by atoms with Crippen molar-refractivity contribution in [3.8, 4) is 44.8 Å². The summed E-state index contributed by atoms with van der Waals surface area (Å²) in [5, 5.41) is 3.97. The van der Waals surface area contributed by atoms with Crippen LogP contribution in [-0.2, 0) is 6.18 Å². The van der Waals surface area contributed by atoms with Gasteiger partial charge in [0, 0.05) is 21.5 Å². The summed E-state index contributed by atoms with van der Waals surface area (Å²) in [5.74, 6) is 0. The van der Waals surface area contributed by atoms with Gasteiger partial charge >= 0.3 is 6.18 Å². The highest BCUT2D eigenvalue weighted by Crippen LogP contribution is 2.48. The molecule has 0 unspecified atom stereocenters. The molecule has 0 spiro atoms. The number of aromatic nitrogens is 2. The lowest BCUT2D eigenvalue weighted by Crippen LogP contribution is -2.08. The molecule has 0 aliphatic rings. The van der Waals surface area contributed by atoms with Gasteiger partial charge < -0.3 is 9.13 Å². The van der Waals surface area contributed by atoms with E-state index in [4.69, 9.17) is 13.1 Å². The van der Waals surface area contributed by atoms with E-state index in [1.54, 1.807) is 12.1 Å². The molecule has 0 aliphatic heterocycles. The Morgan fingerprint density at radius 1 is 0.438 bits per heavy atom. The molecule has 0 saturated carbocycles. The summed E-state index contributed by atoms with van der Waals surface area (Å²) >= 11 is 0. The third-order valence-corrected chi connectivity index (χ3v) is 12.7. The summed E-state index contributed by atoms with van der Waals surface area (Å²) in [4.78, 5) is 7.30. The topological polar surface area (TPSA) is 18.6 Å². The smallest absolute Gasteiger partial charge is 0.308 e. The maximum Gasteiger partial charge on any atom is 0.415 e. The highest BCUT2D eigenvalue weighted by molar-refractivity contribution is 6.13. The summed E-state index contributed by atoms with van der Waals surface area (Å²) in [7, 11) is 0. The minimum absolute atomic E-state index is 0.0551. The molecular formula is C57H41F3N4. The lowest BCUT2D eigenvalue weighted by molar-refractivity contribution is -0.137. The fraction of sp³-hybridized carbons (Fsp3) is 0.123. The Labute approximate surface area is 369 Å². The van der Waals surface area contributed by atoms with E-state index in [-0.39, 0.29) is 22.5 Å². The first-order chi connectivity index (χ1) is 30.7. The van der Waals surface area contributed by atoms with Crippen LogP contribution in [0, 0.1) is 54.7 Å². The number of benzene rings is 8. The zero-order valence-electron chi connectivity index (χ0n) is 36.2. The Morgan fingerprint density at radius 2 is 0.891 bits per heavy atom. The Balaban J connectivity index is 1.38. The second-order valence-electron chi connectivity index (χ2n) is 17.0. The molecule has 0 atom stereocenters. The normalized spacial score (nSPS) is 11.8. The highest BCUT2D eigenvalue weighted by atomic mass is 19.4. The molecule has 7 heteroatoms. The van der Waals surface area contributed by atoms with E-state index in [1.807, 2.05) is 30.3 Å². The third kappa shape index (κ3) is 6.35. The monoisotopic (exact) mass is 838 g/mol. The maximum atomic E-state index is 15.1. The number of aryl methyl sites for hydroxylation is 6. The molecule has 10 aromatic rings. The zero-order chi connectivity index (χ0) is 44.8. The molecule has 64 heavy (non-hydrogen) atoms. The van der Waals surface area contributed by atoms with Gasteiger partial charge in [-0.3, -0.25) is 0 Å². The van der Waals surface area contributed by atoms with Crippen LogP contribution >= 0.6 is 0 Å². The molecule has 10 rings (SSSR count). The highest BCUT2D eigenvalue weighted by Gasteiger charge is 2.35. The van der Waals surface area contributed by atoms with Gasteiger partial charge in [0.15, 0.2) is 11.4 Å². The van der Waals surface area contributed by atoms with Gasteiger partial charge in [0.25, 0.3) is 0 Å². The van der Waals surface area contributed by atoms with Crippen molar-refractivity contribution in [1.82, 2.24) is 9.13 Å². The van der Waals surface area contributed by atoms with Crippen molar-refractivity contribution in [3.63, 3.8) is 0 Å². The average Bonchev–Trinajstić information content (AvgIpc) is 3.76. The van der Waals surface area contributed by atoms with Gasteiger partial charge in [-0.25, -0.2) is 9.69 Å². The fourth-order valence-electron chi connectivity index (χ4n) is 10.3. The molecule has 310 valence electrons. The lowest BCUT2D eigenvalue weighted by Gasteiger charge is -2.21. The van der Waals surface area contributed by atoms with E-state index >= 15 is 13.2 Å². The van der Waals surface area contributed by atoms with E-state index < -0.39 is 11.7 Å². The molecule has 0 fully saturated rings. The first-order valence-electron chi connectivity index (χ1n) is 21.1. The molecule has 2 heterocycles. The van der Waals surface area contributed by atoms with Crippen molar-refractivity contribution in [2.45, 2.75) is 47.7 Å². The summed E-state index contributed by atoms with van der Waals surface area (Å²) in [6.45, 7) is 28.8. The lowest BCUT2D eigenvalue weighted by atomic mass is 9.93. The van der Waals surface area contributed by atoms with Gasteiger partial charge in [0.1, 0.15) is 0 Å². The molecule has 8 aromatic carbocycles. The molecule has 4 nitrogen and oxygen atoms in total. The van der Waals surface area contributed by atoms with E-state index in [2.05, 4.69) is 139 Å². The summed E-state index contributed by atoms with van der Waals surface area (Å²) in [5.41, 5.74) is 15.0. The second-order valence-corrected chi connectivity index (χ2v) is 17.0. The fourth-order valence-corrected chi connectivity index (χ4v) is 10.3. The first kappa shape index (κ1) is 40.2. The Kier molecular flexibility index (Phi) is 9.36. The van der Waals surface area contributed by atoms with E-state index in [0.717, 1.165) is 94.2 Å². The van der Waals surface area contributed by atoms with Crippen LogP contribution in [0.5, 0.6) is 0 Å². The molecule has 2 aromatic heterocycles. The summed E-state index contributed by atoms with van der Waals surface area (Å²) < 4.78 is 49.6. The number of para-hydroxylation sites is 2. The van der Waals surface area contributed by atoms with E-state index in [9.17, 15) is 0 Å². The van der Waals surface area contributed by atoms with Crippen LogP contribution in [0.3, 0.4) is 0 Å². The van der Waals surface area contributed by atoms with Crippen LogP contribution in [0.15, 0.2) is 140 Å². The maximum absolute atomic E-state index is 15.1. The number of alkyl halides is 3. The molecule has 0 amide bonds. The van der Waals surface area contributed by atoms with Crippen LogP contribution in [0.2, 0.25) is 0 Å². The molecule has 0 bridgehead atoms. The third-order valence-electron chi connectivity index (χ3n) is 12.7. The van der Waals surface area contributed by atoms with Gasteiger partial charge in [-0.1, -0.05) is 108 Å². The minimum Gasteiger partial charge on any atom is -0.308 e. The van der Waals surface area contributed by atoms with Crippen LogP contribution in [-0.4, -0.2) is 9.13 Å². The second kappa shape index (κ2) is 14.9. The van der Waals surface area contributed by atoms with Crippen LogP contribution in [0.25, 0.3) is 98.1 Å². The predicted octanol–water partition coefficient (Wildman–Crippen LogP) is 16.9. The van der Waals surface area contributed by atoms with Crippen molar-refractivity contribution in [1.29, 1.82) is 0 Å². The average molecular weight is 839 g/mol. The van der Waals surface area contributed by atoms with Gasteiger partial charge in [-0.2, -0.15) is 13.2 Å². The van der Waals surface area contributed by atoms with Gasteiger partial charge in [-0.15, -0.1) is 0 Å². The Hall–Kier alpha value is -7.87. The SMILES string of the molecule is [C-]#[N+]c1ccc(-c2cc(-n3c4ccccc4c4ccc(-c5c(C)cc(C)cc5C)cc43)c(-n3c4ccccc4c4ccc(-c5c(C)cc(C)cc5C)cc43)cc2[N+]#[C-])c(C(F)(F)F)c1. The number of halogens is 3. The Morgan fingerprint density at radius 3 is 1.34 bits per heavy atom. The molecule has 0 saturated heterocycles. The standard InChI is InChI=1S/C57H41F3N4/c1-32-23-34(3)55(35(4)24-32)38-17-20-44-42-13-9-11-15-49(42)63(51(44)27-38)53-30-46(41-22-19-40(61-7)29-47(41)57(58,59)60)48(62-8)31-54(53)64-50-16-12-10-14-43(50)45-21-18-39(28-52(45)64)56-36(5)25-33(2)26-37(56)6/h9-31H,1-6H3. The van der Waals surface area contributed by atoms with E-state index in [1.165, 1.54) is 23.3 Å². The van der Waals surface area contributed by atoms with Gasteiger partial charge in [-0.05, 0) is 140 Å². The number of rotatable bonds is 5.